The lowest BCUT2D eigenvalue weighted by Crippen LogP contribution is -2.37. The Morgan fingerprint density at radius 3 is 1.38 bits per heavy atom. The van der Waals surface area contributed by atoms with Crippen molar-refractivity contribution in [2.24, 2.45) is 0 Å². The molecule has 2 atom stereocenters. The quantitative estimate of drug-likeness (QED) is 0.366. The lowest BCUT2D eigenvalue weighted by atomic mass is 10.1. The van der Waals surface area contributed by atoms with Gasteiger partial charge in [0.25, 0.3) is 11.8 Å². The Morgan fingerprint density at radius 1 is 0.676 bits per heavy atom. The zero-order chi connectivity index (χ0) is 24.8. The van der Waals surface area contributed by atoms with Crippen LogP contribution in [0.1, 0.15) is 25.0 Å². The largest absolute Gasteiger partial charge is 0.449 e. The van der Waals surface area contributed by atoms with E-state index in [-0.39, 0.29) is 0 Å². The van der Waals surface area contributed by atoms with Gasteiger partial charge in [0, 0.05) is 25.2 Å². The van der Waals surface area contributed by atoms with Crippen molar-refractivity contribution in [3.8, 4) is 0 Å². The molecule has 0 unspecified atom stereocenters. The van der Waals surface area contributed by atoms with Crippen molar-refractivity contribution in [1.29, 1.82) is 0 Å². The highest BCUT2D eigenvalue weighted by Gasteiger charge is 2.18. The Labute approximate surface area is 199 Å². The van der Waals surface area contributed by atoms with Crippen molar-refractivity contribution in [3.05, 3.63) is 83.9 Å². The molecule has 0 aliphatic heterocycles. The first kappa shape index (κ1) is 26.3. The molecule has 0 bridgehead atoms. The van der Waals surface area contributed by atoms with Gasteiger partial charge in [0.15, 0.2) is 12.2 Å². The van der Waals surface area contributed by atoms with E-state index >= 15 is 0 Å². The highest BCUT2D eigenvalue weighted by molar-refractivity contribution is 5.94. The SMILES string of the molecule is C[C@H](OC(=O)/C=C\C(=O)O[C@@H](C)C(=O)NCCc1ccccc1)C(=O)NCCc1ccccc1. The summed E-state index contributed by atoms with van der Waals surface area (Å²) in [6, 6.07) is 19.3. The van der Waals surface area contributed by atoms with E-state index in [9.17, 15) is 19.2 Å². The van der Waals surface area contributed by atoms with Crippen LogP contribution in [0.25, 0.3) is 0 Å². The minimum atomic E-state index is -1.03. The molecule has 2 amide bonds. The minimum absolute atomic E-state index is 0.401. The van der Waals surface area contributed by atoms with E-state index in [2.05, 4.69) is 10.6 Å². The zero-order valence-electron chi connectivity index (χ0n) is 19.4. The lowest BCUT2D eigenvalue weighted by molar-refractivity contribution is -0.151. The van der Waals surface area contributed by atoms with E-state index < -0.39 is 36.0 Å². The number of esters is 2. The molecule has 34 heavy (non-hydrogen) atoms. The third kappa shape index (κ3) is 10.1. The van der Waals surface area contributed by atoms with Crippen LogP contribution in [0, 0.1) is 0 Å². The molecule has 0 heterocycles. The van der Waals surface area contributed by atoms with Crippen LogP contribution < -0.4 is 10.6 Å². The van der Waals surface area contributed by atoms with Crippen molar-refractivity contribution in [2.75, 3.05) is 13.1 Å². The summed E-state index contributed by atoms with van der Waals surface area (Å²) < 4.78 is 9.98. The second-order valence-corrected chi connectivity index (χ2v) is 7.54. The van der Waals surface area contributed by atoms with Crippen LogP contribution in [-0.2, 0) is 41.5 Å². The van der Waals surface area contributed by atoms with Gasteiger partial charge in [0.2, 0.25) is 0 Å². The highest BCUT2D eigenvalue weighted by atomic mass is 16.6. The molecule has 2 aromatic carbocycles. The number of hydrogen-bond donors (Lipinski definition) is 2. The van der Waals surface area contributed by atoms with Crippen molar-refractivity contribution < 1.29 is 28.7 Å². The second-order valence-electron chi connectivity index (χ2n) is 7.54. The number of amides is 2. The van der Waals surface area contributed by atoms with Crippen molar-refractivity contribution >= 4 is 23.8 Å². The molecule has 8 nitrogen and oxygen atoms in total. The fourth-order valence-corrected chi connectivity index (χ4v) is 2.91. The summed E-state index contributed by atoms with van der Waals surface area (Å²) in [5.41, 5.74) is 2.15. The first-order chi connectivity index (χ1) is 16.3. The number of benzene rings is 2. The van der Waals surface area contributed by atoms with Crippen LogP contribution in [0.15, 0.2) is 72.8 Å². The van der Waals surface area contributed by atoms with E-state index in [0.29, 0.717) is 25.9 Å². The molecule has 0 fully saturated rings. The fraction of sp³-hybridized carbons (Fsp3) is 0.308. The predicted molar refractivity (Wildman–Crippen MR) is 127 cm³/mol. The standard InChI is InChI=1S/C26H30N2O6/c1-19(25(31)27-17-15-21-9-5-3-6-10-21)33-23(29)13-14-24(30)34-20(2)26(32)28-18-16-22-11-7-4-8-12-22/h3-14,19-20H,15-18H2,1-2H3,(H,27,31)(H,28,32)/b14-13-/t19-,20-/m0/s1. The smallest absolute Gasteiger partial charge is 0.331 e. The second kappa shape index (κ2) is 14.3. The summed E-state index contributed by atoms with van der Waals surface area (Å²) in [6.07, 6.45) is 0.955. The van der Waals surface area contributed by atoms with Gasteiger partial charge in [0.1, 0.15) is 0 Å². The predicted octanol–water partition coefficient (Wildman–Crippen LogP) is 2.12. The molecule has 0 saturated heterocycles. The first-order valence-electron chi connectivity index (χ1n) is 11.1. The molecule has 2 N–H and O–H groups in total. The maximum Gasteiger partial charge on any atom is 0.331 e. The van der Waals surface area contributed by atoms with E-state index in [1.807, 2.05) is 60.7 Å². The van der Waals surface area contributed by atoms with E-state index in [4.69, 9.17) is 9.47 Å². The van der Waals surface area contributed by atoms with E-state index in [0.717, 1.165) is 23.3 Å². The van der Waals surface area contributed by atoms with Gasteiger partial charge in [-0.15, -0.1) is 0 Å². The Balaban J connectivity index is 1.64. The summed E-state index contributed by atoms with van der Waals surface area (Å²) in [4.78, 5) is 47.9. The molecule has 2 aromatic rings. The molecule has 0 radical (unpaired) electrons. The Bertz CT molecular complexity index is 896. The molecular weight excluding hydrogens is 436 g/mol. The Kier molecular flexibility index (Phi) is 11.0. The monoisotopic (exact) mass is 466 g/mol. The van der Waals surface area contributed by atoms with Crippen molar-refractivity contribution in [1.82, 2.24) is 10.6 Å². The minimum Gasteiger partial charge on any atom is -0.449 e. The molecule has 0 saturated carbocycles. The molecule has 0 spiro atoms. The van der Waals surface area contributed by atoms with Crippen LogP contribution in [0.5, 0.6) is 0 Å². The maximum absolute atomic E-state index is 12.1. The van der Waals surface area contributed by atoms with Crippen molar-refractivity contribution in [3.63, 3.8) is 0 Å². The van der Waals surface area contributed by atoms with Gasteiger partial charge in [-0.3, -0.25) is 9.59 Å². The van der Waals surface area contributed by atoms with Crippen LogP contribution >= 0.6 is 0 Å². The third-order valence-corrected chi connectivity index (χ3v) is 4.79. The molecular formula is C26H30N2O6. The van der Waals surface area contributed by atoms with Crippen LogP contribution in [0.4, 0.5) is 0 Å². The maximum atomic E-state index is 12.1. The summed E-state index contributed by atoms with van der Waals surface area (Å²) in [5, 5.41) is 5.38. The van der Waals surface area contributed by atoms with Crippen LogP contribution in [-0.4, -0.2) is 49.1 Å². The summed E-state index contributed by atoms with van der Waals surface area (Å²) in [6.45, 7) is 3.67. The average Bonchev–Trinajstić information content (AvgIpc) is 2.84. The van der Waals surface area contributed by atoms with Crippen LogP contribution in [0.3, 0.4) is 0 Å². The van der Waals surface area contributed by atoms with Gasteiger partial charge in [-0.05, 0) is 37.8 Å². The fourth-order valence-electron chi connectivity index (χ4n) is 2.91. The number of hydrogen-bond acceptors (Lipinski definition) is 6. The van der Waals surface area contributed by atoms with Crippen LogP contribution in [0.2, 0.25) is 0 Å². The summed E-state index contributed by atoms with van der Waals surface area (Å²) >= 11 is 0. The number of nitrogens with one attached hydrogen (secondary N) is 2. The molecule has 8 heteroatoms. The first-order valence-corrected chi connectivity index (χ1v) is 11.1. The van der Waals surface area contributed by atoms with Crippen molar-refractivity contribution in [2.45, 2.75) is 38.9 Å². The highest BCUT2D eigenvalue weighted by Crippen LogP contribution is 2.01. The molecule has 180 valence electrons. The number of carbonyl (C=O) groups excluding carboxylic acids is 4. The number of rotatable bonds is 12. The number of carbonyl (C=O) groups is 4. The van der Waals surface area contributed by atoms with Gasteiger partial charge >= 0.3 is 11.9 Å². The van der Waals surface area contributed by atoms with Gasteiger partial charge in [-0.2, -0.15) is 0 Å². The molecule has 0 aliphatic carbocycles. The molecule has 2 rings (SSSR count). The topological polar surface area (TPSA) is 111 Å². The van der Waals surface area contributed by atoms with Gasteiger partial charge in [0.05, 0.1) is 0 Å². The summed E-state index contributed by atoms with van der Waals surface area (Å²) in [7, 11) is 0. The average molecular weight is 467 g/mol. The molecule has 0 aromatic heterocycles. The Hall–Kier alpha value is -3.94. The summed E-state index contributed by atoms with van der Waals surface area (Å²) in [5.74, 6) is -2.63. The number of ether oxygens (including phenoxy) is 2. The van der Waals surface area contributed by atoms with E-state index in [1.165, 1.54) is 13.8 Å². The Morgan fingerprint density at radius 2 is 1.03 bits per heavy atom. The lowest BCUT2D eigenvalue weighted by Gasteiger charge is -2.13. The van der Waals surface area contributed by atoms with Gasteiger partial charge in [-0.25, -0.2) is 9.59 Å². The third-order valence-electron chi connectivity index (χ3n) is 4.79. The van der Waals surface area contributed by atoms with Gasteiger partial charge < -0.3 is 20.1 Å². The molecule has 0 aliphatic rings. The van der Waals surface area contributed by atoms with E-state index in [1.54, 1.807) is 0 Å². The normalized spacial score (nSPS) is 12.4. The van der Waals surface area contributed by atoms with Gasteiger partial charge in [-0.1, -0.05) is 60.7 Å². The zero-order valence-corrected chi connectivity index (χ0v) is 19.4.